The number of alkyl halides is 3. The van der Waals surface area contributed by atoms with E-state index in [0.29, 0.717) is 17.1 Å². The van der Waals surface area contributed by atoms with Gasteiger partial charge in [0.1, 0.15) is 11.5 Å². The lowest BCUT2D eigenvalue weighted by molar-refractivity contribution is -0.137. The van der Waals surface area contributed by atoms with Gasteiger partial charge in [0.05, 0.1) is 11.6 Å². The average Bonchev–Trinajstić information content (AvgIpc) is 2.69. The van der Waals surface area contributed by atoms with Gasteiger partial charge < -0.3 is 4.42 Å². The van der Waals surface area contributed by atoms with Crippen LogP contribution in [0.15, 0.2) is 34.7 Å². The molecule has 6 heteroatoms. The summed E-state index contributed by atoms with van der Waals surface area (Å²) < 4.78 is 43.7. The highest BCUT2D eigenvalue weighted by molar-refractivity contribution is 5.37. The summed E-state index contributed by atoms with van der Waals surface area (Å²) in [6, 6.07) is 6.30. The Hall–Kier alpha value is -1.79. The van der Waals surface area contributed by atoms with Gasteiger partial charge >= 0.3 is 6.18 Å². The van der Waals surface area contributed by atoms with E-state index < -0.39 is 17.8 Å². The van der Waals surface area contributed by atoms with Gasteiger partial charge in [0.15, 0.2) is 0 Å². The van der Waals surface area contributed by atoms with Gasteiger partial charge in [0, 0.05) is 5.56 Å². The lowest BCUT2D eigenvalue weighted by Gasteiger charge is -2.17. The van der Waals surface area contributed by atoms with E-state index in [4.69, 9.17) is 10.3 Å². The van der Waals surface area contributed by atoms with Crippen LogP contribution >= 0.6 is 0 Å². The van der Waals surface area contributed by atoms with Crippen LogP contribution in [0.1, 0.15) is 34.3 Å². The first kappa shape index (κ1) is 14.6. The van der Waals surface area contributed by atoms with E-state index in [2.05, 4.69) is 5.43 Å². The average molecular weight is 284 g/mol. The molecule has 0 amide bonds. The topological polar surface area (TPSA) is 51.2 Å². The third kappa shape index (κ3) is 2.86. The summed E-state index contributed by atoms with van der Waals surface area (Å²) in [5, 5.41) is 0. The van der Waals surface area contributed by atoms with Crippen LogP contribution in [0.5, 0.6) is 0 Å². The molecule has 20 heavy (non-hydrogen) atoms. The number of benzene rings is 1. The van der Waals surface area contributed by atoms with E-state index in [-0.39, 0.29) is 0 Å². The highest BCUT2D eigenvalue weighted by Gasteiger charge is 2.31. The Balaban J connectivity index is 2.45. The molecule has 0 spiro atoms. The Bertz CT molecular complexity index is 605. The summed E-state index contributed by atoms with van der Waals surface area (Å²) in [7, 11) is 0. The molecule has 0 saturated heterocycles. The molecule has 1 atom stereocenters. The molecular formula is C14H15F3N2O. The minimum atomic E-state index is -4.38. The number of rotatable bonds is 3. The van der Waals surface area contributed by atoms with Gasteiger partial charge in [-0.2, -0.15) is 13.2 Å². The van der Waals surface area contributed by atoms with E-state index in [1.807, 2.05) is 0 Å². The Morgan fingerprint density at radius 2 is 1.90 bits per heavy atom. The lowest BCUT2D eigenvalue weighted by atomic mass is 9.97. The van der Waals surface area contributed by atoms with E-state index in [0.717, 1.165) is 17.7 Å². The second-order valence-corrected chi connectivity index (χ2v) is 4.59. The fraction of sp³-hybridized carbons (Fsp3) is 0.286. The number of halogens is 3. The van der Waals surface area contributed by atoms with Crippen LogP contribution in [0.2, 0.25) is 0 Å². The summed E-state index contributed by atoms with van der Waals surface area (Å²) in [6.45, 7) is 3.52. The van der Waals surface area contributed by atoms with Crippen LogP contribution in [-0.2, 0) is 6.18 Å². The molecule has 0 bridgehead atoms. The minimum absolute atomic E-state index is 0.436. The van der Waals surface area contributed by atoms with Crippen molar-refractivity contribution in [1.29, 1.82) is 0 Å². The molecule has 3 nitrogen and oxygen atoms in total. The normalized spacial score (nSPS) is 13.5. The van der Waals surface area contributed by atoms with Crippen LogP contribution in [0.3, 0.4) is 0 Å². The number of nitrogens with one attached hydrogen (secondary N) is 1. The monoisotopic (exact) mass is 284 g/mol. The van der Waals surface area contributed by atoms with Crippen LogP contribution in [0, 0.1) is 13.8 Å². The minimum Gasteiger partial charge on any atom is -0.466 e. The Kier molecular flexibility index (Phi) is 3.87. The zero-order chi connectivity index (χ0) is 14.9. The molecule has 1 aromatic heterocycles. The molecule has 0 aliphatic rings. The number of aryl methyl sites for hydroxylation is 2. The third-order valence-electron chi connectivity index (χ3n) is 3.10. The molecule has 2 rings (SSSR count). The van der Waals surface area contributed by atoms with E-state index >= 15 is 0 Å². The third-order valence-corrected chi connectivity index (χ3v) is 3.10. The summed E-state index contributed by atoms with van der Waals surface area (Å²) in [6.07, 6.45) is -4.38. The molecule has 1 aromatic carbocycles. The predicted molar refractivity (Wildman–Crippen MR) is 68.8 cm³/mol. The van der Waals surface area contributed by atoms with Crippen molar-refractivity contribution in [3.8, 4) is 0 Å². The summed E-state index contributed by atoms with van der Waals surface area (Å²) in [5.41, 5.74) is 3.00. The van der Waals surface area contributed by atoms with Gasteiger partial charge in [0.2, 0.25) is 0 Å². The van der Waals surface area contributed by atoms with Crippen molar-refractivity contribution in [3.05, 3.63) is 58.5 Å². The van der Waals surface area contributed by atoms with Gasteiger partial charge in [0.25, 0.3) is 0 Å². The summed E-state index contributed by atoms with van der Waals surface area (Å²) in [5.74, 6) is 6.81. The second kappa shape index (κ2) is 5.30. The number of hydrogen-bond acceptors (Lipinski definition) is 3. The second-order valence-electron chi connectivity index (χ2n) is 4.59. The zero-order valence-electron chi connectivity index (χ0n) is 11.1. The van der Waals surface area contributed by atoms with E-state index in [1.54, 1.807) is 26.0 Å². The van der Waals surface area contributed by atoms with Crippen LogP contribution in [-0.4, -0.2) is 0 Å². The van der Waals surface area contributed by atoms with Gasteiger partial charge in [-0.25, -0.2) is 5.43 Å². The van der Waals surface area contributed by atoms with Crippen molar-refractivity contribution in [2.75, 3.05) is 0 Å². The first-order chi connectivity index (χ1) is 9.32. The maximum absolute atomic E-state index is 12.8. The first-order valence-corrected chi connectivity index (χ1v) is 6.03. The van der Waals surface area contributed by atoms with E-state index in [9.17, 15) is 13.2 Å². The Morgan fingerprint density at radius 1 is 1.20 bits per heavy atom. The highest BCUT2D eigenvalue weighted by Crippen LogP contribution is 2.33. The van der Waals surface area contributed by atoms with Crippen LogP contribution < -0.4 is 11.3 Å². The Morgan fingerprint density at radius 3 is 2.40 bits per heavy atom. The van der Waals surface area contributed by atoms with Crippen LogP contribution in [0.4, 0.5) is 13.2 Å². The maximum atomic E-state index is 12.8. The molecule has 1 unspecified atom stereocenters. The number of nitrogens with two attached hydrogens (primary N) is 1. The molecule has 0 saturated carbocycles. The fourth-order valence-electron chi connectivity index (χ4n) is 2.20. The number of furan rings is 1. The maximum Gasteiger partial charge on any atom is 0.416 e. The summed E-state index contributed by atoms with van der Waals surface area (Å²) >= 11 is 0. The quantitative estimate of drug-likeness (QED) is 0.670. The van der Waals surface area contributed by atoms with Crippen LogP contribution in [0.25, 0.3) is 0 Å². The van der Waals surface area contributed by atoms with Crippen molar-refractivity contribution in [3.63, 3.8) is 0 Å². The van der Waals surface area contributed by atoms with Crippen molar-refractivity contribution < 1.29 is 17.6 Å². The molecule has 0 radical (unpaired) electrons. The van der Waals surface area contributed by atoms with Gasteiger partial charge in [-0.3, -0.25) is 5.84 Å². The number of hydrogen-bond donors (Lipinski definition) is 2. The van der Waals surface area contributed by atoms with Gasteiger partial charge in [-0.1, -0.05) is 12.1 Å². The molecule has 1 heterocycles. The van der Waals surface area contributed by atoms with Crippen molar-refractivity contribution >= 4 is 0 Å². The predicted octanol–water partition coefficient (Wildman–Crippen LogP) is 3.47. The molecule has 0 aliphatic heterocycles. The molecule has 2 aromatic rings. The largest absolute Gasteiger partial charge is 0.466 e. The van der Waals surface area contributed by atoms with Crippen molar-refractivity contribution in [1.82, 2.24) is 5.43 Å². The molecular weight excluding hydrogens is 269 g/mol. The number of hydrazine groups is 1. The standard InChI is InChI=1S/C14H15F3N2O/c1-8-6-12(9(2)20-8)13(19-18)10-4-3-5-11(7-10)14(15,16)17/h3-7,13,19H,18H2,1-2H3. The Labute approximate surface area is 114 Å². The summed E-state index contributed by atoms with van der Waals surface area (Å²) in [4.78, 5) is 0. The van der Waals surface area contributed by atoms with Crippen molar-refractivity contribution in [2.24, 2.45) is 5.84 Å². The SMILES string of the molecule is Cc1cc(C(NN)c2cccc(C(F)(F)F)c2)c(C)o1. The molecule has 108 valence electrons. The molecule has 0 aliphatic carbocycles. The van der Waals surface area contributed by atoms with Gasteiger partial charge in [-0.05, 0) is 37.6 Å². The highest BCUT2D eigenvalue weighted by atomic mass is 19.4. The molecule has 3 N–H and O–H groups in total. The van der Waals surface area contributed by atoms with Crippen molar-refractivity contribution in [2.45, 2.75) is 26.1 Å². The fourth-order valence-corrected chi connectivity index (χ4v) is 2.20. The van der Waals surface area contributed by atoms with E-state index in [1.165, 1.54) is 6.07 Å². The smallest absolute Gasteiger partial charge is 0.416 e. The first-order valence-electron chi connectivity index (χ1n) is 6.03. The lowest BCUT2D eigenvalue weighted by Crippen LogP contribution is -2.29. The molecule has 0 fully saturated rings. The van der Waals surface area contributed by atoms with Gasteiger partial charge in [-0.15, -0.1) is 0 Å². The zero-order valence-corrected chi connectivity index (χ0v) is 11.1.